The van der Waals surface area contributed by atoms with Gasteiger partial charge in [0.15, 0.2) is 5.82 Å². The van der Waals surface area contributed by atoms with E-state index >= 15 is 8.78 Å². The van der Waals surface area contributed by atoms with Crippen LogP contribution in [-0.4, -0.2) is 163 Å². The predicted molar refractivity (Wildman–Crippen MR) is 255 cm³/mol. The molecule has 19 nitrogen and oxygen atoms in total. The number of hydrogen-bond acceptors (Lipinski definition) is 15. The lowest BCUT2D eigenvalue weighted by Crippen LogP contribution is -2.54. The number of aliphatic hydroxyl groups is 1. The van der Waals surface area contributed by atoms with Crippen LogP contribution in [0, 0.1) is 17.7 Å². The number of imide groups is 2. The second kappa shape index (κ2) is 22.2. The highest BCUT2D eigenvalue weighted by atomic mass is 35.5. The van der Waals surface area contributed by atoms with Gasteiger partial charge in [-0.1, -0.05) is 30.7 Å². The number of fused-ring (bicyclic) bond motifs is 2. The lowest BCUT2D eigenvalue weighted by Gasteiger charge is -2.36. The zero-order valence-corrected chi connectivity index (χ0v) is 40.5. The molecule has 3 aromatic rings. The first-order valence-electron chi connectivity index (χ1n) is 23.2. The number of piperazine rings is 1. The van der Waals surface area contributed by atoms with Gasteiger partial charge in [0.25, 0.3) is 11.8 Å². The van der Waals surface area contributed by atoms with E-state index in [1.54, 1.807) is 57.9 Å². The number of allylic oxidation sites excluding steroid dienone is 3. The van der Waals surface area contributed by atoms with Crippen LogP contribution in [0.3, 0.4) is 0 Å². The van der Waals surface area contributed by atoms with E-state index in [0.717, 1.165) is 4.90 Å². The van der Waals surface area contributed by atoms with E-state index in [1.807, 2.05) is 4.90 Å². The number of halogens is 3. The average molecular weight is 994 g/mol. The van der Waals surface area contributed by atoms with Crippen LogP contribution in [0.25, 0.3) is 16.5 Å². The third-order valence-corrected chi connectivity index (χ3v) is 12.7. The maximum absolute atomic E-state index is 16.9. The summed E-state index contributed by atoms with van der Waals surface area (Å²) < 4.78 is 49.2. The van der Waals surface area contributed by atoms with Gasteiger partial charge in [-0.15, -0.1) is 0 Å². The topological polar surface area (TPSA) is 225 Å². The minimum atomic E-state index is -1.06. The molecular weight excluding hydrogens is 936 g/mol. The smallest absolute Gasteiger partial charge is 0.410 e. The molecule has 4 aliphatic rings. The molecule has 0 bridgehead atoms. The first-order valence-corrected chi connectivity index (χ1v) is 23.6. The van der Waals surface area contributed by atoms with Crippen molar-refractivity contribution in [1.82, 2.24) is 30.0 Å². The summed E-state index contributed by atoms with van der Waals surface area (Å²) in [5, 5.41) is 18.5. The number of carbonyl (C=O) groups excluding carboxylic acids is 6. The average Bonchev–Trinajstić information content (AvgIpc) is 3.57. The Morgan fingerprint density at radius 1 is 0.971 bits per heavy atom. The highest BCUT2D eigenvalue weighted by Gasteiger charge is 2.45. The van der Waals surface area contributed by atoms with E-state index in [0.29, 0.717) is 44.2 Å². The molecule has 3 aliphatic heterocycles. The quantitative estimate of drug-likeness (QED) is 0.0994. The van der Waals surface area contributed by atoms with Crippen LogP contribution < -0.4 is 20.9 Å². The summed E-state index contributed by atoms with van der Waals surface area (Å²) in [5.41, 5.74) is -0.218. The molecule has 70 heavy (non-hydrogen) atoms. The molecule has 1 aliphatic carbocycles. The Morgan fingerprint density at radius 2 is 1.70 bits per heavy atom. The predicted octanol–water partition coefficient (Wildman–Crippen LogP) is 4.78. The normalized spacial score (nSPS) is 19.5. The summed E-state index contributed by atoms with van der Waals surface area (Å²) in [4.78, 5) is 91.5. The Morgan fingerprint density at radius 3 is 2.40 bits per heavy atom. The van der Waals surface area contributed by atoms with Crippen molar-refractivity contribution in [3.63, 3.8) is 0 Å². The lowest BCUT2D eigenvalue weighted by molar-refractivity contribution is -0.136. The number of carbonyl (C=O) groups is 6. The van der Waals surface area contributed by atoms with Crippen LogP contribution in [0.1, 0.15) is 73.2 Å². The van der Waals surface area contributed by atoms with E-state index < -0.39 is 64.8 Å². The number of aliphatic hydroxyl groups excluding tert-OH is 1. The first-order chi connectivity index (χ1) is 33.4. The van der Waals surface area contributed by atoms with E-state index in [-0.39, 0.29) is 115 Å². The first kappa shape index (κ1) is 51.6. The Hall–Kier alpha value is -6.29. The van der Waals surface area contributed by atoms with Crippen LogP contribution in [0.2, 0.25) is 5.02 Å². The number of nitrogens with one attached hydrogen (secondary N) is 3. The van der Waals surface area contributed by atoms with Gasteiger partial charge in [-0.3, -0.25) is 34.2 Å². The highest BCUT2D eigenvalue weighted by molar-refractivity contribution is 6.33. The molecule has 2 fully saturated rings. The minimum absolute atomic E-state index is 0.0135. The lowest BCUT2D eigenvalue weighted by atomic mass is 9.80. The van der Waals surface area contributed by atoms with Crippen molar-refractivity contribution in [3.05, 3.63) is 69.8 Å². The number of anilines is 3. The molecule has 3 atom stereocenters. The largest absolute Gasteiger partial charge is 0.444 e. The number of ether oxygens (including phenoxy) is 3. The van der Waals surface area contributed by atoms with E-state index in [4.69, 9.17) is 30.8 Å². The summed E-state index contributed by atoms with van der Waals surface area (Å²) in [6.45, 7) is 9.59. The molecule has 2 saturated heterocycles. The fraction of sp³-hybridized carbons (Fsp3) is 0.500. The number of piperidine rings is 1. The third-order valence-electron chi connectivity index (χ3n) is 12.4. The number of likely N-dealkylation sites (N-methyl/N-ethyl adjacent to an activating group) is 1. The summed E-state index contributed by atoms with van der Waals surface area (Å²) in [6, 6.07) is 5.25. The number of aromatic nitrogens is 2. The van der Waals surface area contributed by atoms with Crippen molar-refractivity contribution >= 4 is 81.2 Å². The van der Waals surface area contributed by atoms with Crippen molar-refractivity contribution in [2.45, 2.75) is 58.6 Å². The van der Waals surface area contributed by atoms with Gasteiger partial charge < -0.3 is 44.7 Å². The van der Waals surface area contributed by atoms with Crippen molar-refractivity contribution < 1.29 is 56.9 Å². The van der Waals surface area contributed by atoms with E-state index in [1.165, 1.54) is 23.1 Å². The summed E-state index contributed by atoms with van der Waals surface area (Å²) >= 11 is 6.76. The van der Waals surface area contributed by atoms with Crippen molar-refractivity contribution in [3.8, 4) is 0 Å². The molecule has 376 valence electrons. The second-order valence-corrected chi connectivity index (χ2v) is 18.8. The van der Waals surface area contributed by atoms with Crippen LogP contribution >= 0.6 is 11.6 Å². The summed E-state index contributed by atoms with van der Waals surface area (Å²) in [7, 11) is 1.63. The maximum atomic E-state index is 16.9. The highest BCUT2D eigenvalue weighted by Crippen LogP contribution is 2.44. The zero-order chi connectivity index (χ0) is 50.4. The van der Waals surface area contributed by atoms with Crippen LogP contribution in [0.15, 0.2) is 42.2 Å². The molecule has 4 heterocycles. The molecule has 0 saturated carbocycles. The molecule has 7 rings (SSSR count). The van der Waals surface area contributed by atoms with Gasteiger partial charge in [0.2, 0.25) is 23.7 Å². The SMILES string of the molecule is C[C@@H]1C(c2c(Cl)cc3c(N4CCN(C(=O)OC(C)(C)C)CC4)nc(NCCC(=O)N(C)CCOCCOCCNc4cccc5c4C(=O)N(C4CCC(=O)NC4=O)C5=O)nc3c2F)=C(F)C=C[C@H]1CO. The maximum Gasteiger partial charge on any atom is 0.410 e. The molecule has 1 aromatic heterocycles. The summed E-state index contributed by atoms with van der Waals surface area (Å²) in [5.74, 6) is -4.81. The van der Waals surface area contributed by atoms with Crippen LogP contribution in [-0.2, 0) is 28.6 Å². The van der Waals surface area contributed by atoms with Crippen LogP contribution in [0.4, 0.5) is 31.0 Å². The van der Waals surface area contributed by atoms with Gasteiger partial charge >= 0.3 is 6.09 Å². The number of amides is 6. The van der Waals surface area contributed by atoms with Crippen molar-refractivity contribution in [2.75, 3.05) is 101 Å². The molecule has 1 unspecified atom stereocenters. The van der Waals surface area contributed by atoms with Gasteiger partial charge in [-0.25, -0.2) is 18.6 Å². The number of rotatable bonds is 18. The number of nitrogens with zero attached hydrogens (tertiary/aromatic N) is 6. The van der Waals surface area contributed by atoms with Gasteiger partial charge in [-0.2, -0.15) is 4.98 Å². The van der Waals surface area contributed by atoms with Crippen molar-refractivity contribution in [2.24, 2.45) is 11.8 Å². The standard InChI is InChI=1S/C48H58ClF2N9O10/c1-27-28(26-61)9-10-32(50)37(27)39-31(49)25-30-41(40(39)51)55-46(56-42(30)58-16-18-59(19-17-58)47(67)70-48(2,3)4)53-14-13-36(63)57(5)20-22-69-24-23-68-21-15-52-33-8-6-7-29-38(33)45(66)60(44(29)65)34-11-12-35(62)54-43(34)64/h6-10,25,27-28,34,52,61H,11-24,26H2,1-5H3,(H,53,55,56)(H,54,62,64)/t27-,28-,34?/m0/s1. The molecular formula is C48H58ClF2N9O10. The fourth-order valence-electron chi connectivity index (χ4n) is 8.68. The monoisotopic (exact) mass is 993 g/mol. The Labute approximate surface area is 408 Å². The zero-order valence-electron chi connectivity index (χ0n) is 39.7. The van der Waals surface area contributed by atoms with E-state index in [9.17, 15) is 33.9 Å². The Kier molecular flexibility index (Phi) is 16.4. The van der Waals surface area contributed by atoms with Gasteiger partial charge in [0.05, 0.1) is 42.6 Å². The fourth-order valence-corrected chi connectivity index (χ4v) is 8.97. The second-order valence-electron chi connectivity index (χ2n) is 18.3. The minimum Gasteiger partial charge on any atom is -0.444 e. The van der Waals surface area contributed by atoms with Gasteiger partial charge in [0.1, 0.15) is 28.8 Å². The molecule has 4 N–H and O–H groups in total. The Balaban J connectivity index is 0.899. The van der Waals surface area contributed by atoms with Gasteiger partial charge in [-0.05, 0) is 57.4 Å². The van der Waals surface area contributed by atoms with Gasteiger partial charge in [0, 0.05) is 100 Å². The summed E-state index contributed by atoms with van der Waals surface area (Å²) in [6.07, 6.45) is 2.40. The molecule has 2 aromatic carbocycles. The molecule has 0 radical (unpaired) electrons. The van der Waals surface area contributed by atoms with Crippen molar-refractivity contribution in [1.29, 1.82) is 0 Å². The molecule has 22 heteroatoms. The number of hydrogen-bond donors (Lipinski definition) is 4. The van der Waals surface area contributed by atoms with Crippen LogP contribution in [0.5, 0.6) is 0 Å². The molecule has 0 spiro atoms. The van der Waals surface area contributed by atoms with E-state index in [2.05, 4.69) is 20.9 Å². The number of benzene rings is 2. The third kappa shape index (κ3) is 11.5. The molecule has 6 amide bonds. The Bertz CT molecular complexity index is 2600.